The summed E-state index contributed by atoms with van der Waals surface area (Å²) in [6.07, 6.45) is 3.57. The van der Waals surface area contributed by atoms with E-state index in [1.165, 1.54) is 0 Å². The quantitative estimate of drug-likeness (QED) is 0.110. The third-order valence-electron chi connectivity index (χ3n) is 7.84. The summed E-state index contributed by atoms with van der Waals surface area (Å²) < 4.78 is 18.4. The number of aromatic amines is 1. The summed E-state index contributed by atoms with van der Waals surface area (Å²) >= 11 is 3.63. The van der Waals surface area contributed by atoms with Crippen LogP contribution >= 0.6 is 15.9 Å². The van der Waals surface area contributed by atoms with Crippen molar-refractivity contribution < 1.29 is 19.0 Å². The Morgan fingerprint density at radius 3 is 2.04 bits per heavy atom. The predicted molar refractivity (Wildman–Crippen MR) is 180 cm³/mol. The minimum atomic E-state index is -0.963. The van der Waals surface area contributed by atoms with Crippen LogP contribution in [0.1, 0.15) is 27.2 Å². The summed E-state index contributed by atoms with van der Waals surface area (Å²) in [7, 11) is 3.29. The zero-order valence-electron chi connectivity index (χ0n) is 24.9. The second kappa shape index (κ2) is 13.4. The number of H-pyrrole nitrogens is 1. The summed E-state index contributed by atoms with van der Waals surface area (Å²) in [5.41, 5.74) is 5.16. The third-order valence-corrected chi connectivity index (χ3v) is 8.66. The Bertz CT molecular complexity index is 1840. The van der Waals surface area contributed by atoms with Crippen LogP contribution in [0.15, 0.2) is 126 Å². The van der Waals surface area contributed by atoms with Crippen molar-refractivity contribution in [2.45, 2.75) is 5.60 Å². The van der Waals surface area contributed by atoms with Gasteiger partial charge in [0, 0.05) is 35.4 Å². The fraction of sp³-hybridized carbons (Fsp3) is 0.135. The van der Waals surface area contributed by atoms with Crippen molar-refractivity contribution in [2.75, 3.05) is 27.4 Å². The summed E-state index contributed by atoms with van der Waals surface area (Å²) in [5, 5.41) is 3.96. The van der Waals surface area contributed by atoms with Crippen LogP contribution in [0.5, 0.6) is 11.5 Å². The first-order chi connectivity index (χ1) is 22.0. The van der Waals surface area contributed by atoms with Gasteiger partial charge in [-0.2, -0.15) is 0 Å². The van der Waals surface area contributed by atoms with E-state index in [1.54, 1.807) is 20.4 Å². The van der Waals surface area contributed by atoms with Crippen LogP contribution in [0.25, 0.3) is 22.0 Å². The van der Waals surface area contributed by atoms with Gasteiger partial charge in [0.25, 0.3) is 5.91 Å². The molecule has 0 radical (unpaired) electrons. The van der Waals surface area contributed by atoms with Crippen molar-refractivity contribution in [3.8, 4) is 22.6 Å². The highest BCUT2D eigenvalue weighted by Crippen LogP contribution is 2.41. The van der Waals surface area contributed by atoms with Gasteiger partial charge in [-0.3, -0.25) is 9.78 Å². The molecule has 0 bridgehead atoms. The number of carbonyl (C=O) groups excluding carboxylic acids is 1. The van der Waals surface area contributed by atoms with Gasteiger partial charge in [0.1, 0.15) is 22.8 Å². The molecule has 0 aliphatic carbocycles. The molecule has 45 heavy (non-hydrogen) atoms. The summed E-state index contributed by atoms with van der Waals surface area (Å²) in [4.78, 5) is 20.9. The zero-order valence-corrected chi connectivity index (χ0v) is 26.5. The first-order valence-corrected chi connectivity index (χ1v) is 15.3. The maximum absolute atomic E-state index is 13.4. The molecule has 6 aromatic rings. The number of hydrogen-bond acceptors (Lipinski definition) is 5. The van der Waals surface area contributed by atoms with Crippen LogP contribution in [0, 0.1) is 0 Å². The second-order valence-corrected chi connectivity index (χ2v) is 11.2. The highest BCUT2D eigenvalue weighted by atomic mass is 79.9. The van der Waals surface area contributed by atoms with Gasteiger partial charge in [-0.05, 0) is 74.6 Å². The van der Waals surface area contributed by atoms with Crippen LogP contribution < -0.4 is 14.8 Å². The lowest BCUT2D eigenvalue weighted by molar-refractivity contribution is 0.0148. The Balaban J connectivity index is 1.26. The fourth-order valence-electron chi connectivity index (χ4n) is 5.56. The number of nitrogens with one attached hydrogen (secondary N) is 2. The number of amides is 1. The lowest BCUT2D eigenvalue weighted by atomic mass is 9.80. The van der Waals surface area contributed by atoms with Gasteiger partial charge in [0.05, 0.1) is 25.3 Å². The largest absolute Gasteiger partial charge is 0.497 e. The number of methoxy groups -OCH3 is 2. The smallest absolute Gasteiger partial charge is 0.268 e. The molecular weight excluding hydrogens is 630 g/mol. The van der Waals surface area contributed by atoms with E-state index in [0.29, 0.717) is 10.2 Å². The minimum Gasteiger partial charge on any atom is -0.497 e. The van der Waals surface area contributed by atoms with Gasteiger partial charge in [-0.15, -0.1) is 0 Å². The van der Waals surface area contributed by atoms with Crippen LogP contribution in [0.3, 0.4) is 0 Å². The maximum atomic E-state index is 13.4. The summed E-state index contributed by atoms with van der Waals surface area (Å²) in [6.45, 7) is 0.518. The third kappa shape index (κ3) is 6.07. The summed E-state index contributed by atoms with van der Waals surface area (Å²) in [6, 6.07) is 35.8. The monoisotopic (exact) mass is 661 g/mol. The summed E-state index contributed by atoms with van der Waals surface area (Å²) in [5.74, 6) is 1.27. The number of pyridine rings is 1. The molecule has 0 atom stereocenters. The standard InChI is InChI=1S/C37H32BrN3O4/c1-43-30-15-11-28(12-16-30)37(27-8-4-3-5-9-27,29-13-17-31(44-2)18-14-29)45-22-21-40-36(42)35-34(38)32-19-10-25(23-33(32)41-35)26-7-6-20-39-24-26/h3-20,23-24,41H,21-22H2,1-2H3,(H,40,42). The van der Waals surface area contributed by atoms with E-state index in [2.05, 4.69) is 43.3 Å². The zero-order chi connectivity index (χ0) is 31.2. The van der Waals surface area contributed by atoms with E-state index in [1.807, 2.05) is 103 Å². The molecule has 4 aromatic carbocycles. The molecule has 2 N–H and O–H groups in total. The Labute approximate surface area is 270 Å². The van der Waals surface area contributed by atoms with Crippen LogP contribution in [0.4, 0.5) is 0 Å². The van der Waals surface area contributed by atoms with E-state index in [-0.39, 0.29) is 19.1 Å². The number of halogens is 1. The molecule has 0 saturated carbocycles. The lowest BCUT2D eigenvalue weighted by Gasteiger charge is -2.36. The molecule has 6 rings (SSSR count). The molecule has 0 fully saturated rings. The average molecular weight is 663 g/mol. The van der Waals surface area contributed by atoms with Gasteiger partial charge < -0.3 is 24.5 Å². The maximum Gasteiger partial charge on any atom is 0.268 e. The van der Waals surface area contributed by atoms with Gasteiger partial charge in [0.2, 0.25) is 0 Å². The van der Waals surface area contributed by atoms with E-state index in [0.717, 1.165) is 50.2 Å². The first-order valence-electron chi connectivity index (χ1n) is 14.5. The van der Waals surface area contributed by atoms with Crippen molar-refractivity contribution >= 4 is 32.7 Å². The number of fused-ring (bicyclic) bond motifs is 1. The molecule has 0 aliphatic heterocycles. The van der Waals surface area contributed by atoms with E-state index in [9.17, 15) is 4.79 Å². The van der Waals surface area contributed by atoms with Crippen LogP contribution in [0.2, 0.25) is 0 Å². The molecule has 2 aromatic heterocycles. The average Bonchev–Trinajstić information content (AvgIpc) is 3.44. The Kier molecular flexibility index (Phi) is 8.96. The van der Waals surface area contributed by atoms with Crippen molar-refractivity contribution in [1.29, 1.82) is 0 Å². The molecule has 8 heteroatoms. The lowest BCUT2D eigenvalue weighted by Crippen LogP contribution is -2.36. The molecule has 7 nitrogen and oxygen atoms in total. The number of rotatable bonds is 11. The molecule has 0 spiro atoms. The van der Waals surface area contributed by atoms with E-state index in [4.69, 9.17) is 14.2 Å². The Morgan fingerprint density at radius 2 is 1.44 bits per heavy atom. The van der Waals surface area contributed by atoms with Gasteiger partial charge >= 0.3 is 0 Å². The Morgan fingerprint density at radius 1 is 0.800 bits per heavy atom. The van der Waals surface area contributed by atoms with Crippen LogP contribution in [-0.2, 0) is 10.3 Å². The molecule has 0 saturated heterocycles. The van der Waals surface area contributed by atoms with Crippen molar-refractivity contribution in [1.82, 2.24) is 15.3 Å². The highest BCUT2D eigenvalue weighted by Gasteiger charge is 2.37. The molecule has 1 amide bonds. The molecule has 2 heterocycles. The van der Waals surface area contributed by atoms with Gasteiger partial charge in [0.15, 0.2) is 0 Å². The molecular formula is C37H32BrN3O4. The van der Waals surface area contributed by atoms with Gasteiger partial charge in [-0.25, -0.2) is 0 Å². The Hall–Kier alpha value is -4.92. The molecule has 0 aliphatic rings. The normalized spacial score (nSPS) is 11.4. The van der Waals surface area contributed by atoms with Crippen molar-refractivity contribution in [3.63, 3.8) is 0 Å². The molecule has 226 valence electrons. The minimum absolute atomic E-state index is 0.233. The van der Waals surface area contributed by atoms with Crippen molar-refractivity contribution in [2.24, 2.45) is 0 Å². The number of carbonyl (C=O) groups is 1. The fourth-order valence-corrected chi connectivity index (χ4v) is 6.19. The van der Waals surface area contributed by atoms with Crippen molar-refractivity contribution in [3.05, 3.63) is 148 Å². The second-order valence-electron chi connectivity index (χ2n) is 10.4. The first kappa shape index (κ1) is 30.1. The number of benzene rings is 4. The predicted octanol–water partition coefficient (Wildman–Crippen LogP) is 7.75. The van der Waals surface area contributed by atoms with E-state index < -0.39 is 5.60 Å². The number of nitrogens with zero attached hydrogens (tertiary/aromatic N) is 1. The topological polar surface area (TPSA) is 85.5 Å². The van der Waals surface area contributed by atoms with Crippen LogP contribution in [-0.4, -0.2) is 43.2 Å². The van der Waals surface area contributed by atoms with E-state index >= 15 is 0 Å². The number of hydrogen-bond donors (Lipinski definition) is 2. The van der Waals surface area contributed by atoms with Gasteiger partial charge in [-0.1, -0.05) is 72.8 Å². The molecule has 0 unspecified atom stereocenters. The highest BCUT2D eigenvalue weighted by molar-refractivity contribution is 9.10. The SMILES string of the molecule is COc1ccc(C(OCCNC(=O)c2[nH]c3cc(-c4cccnc4)ccc3c2Br)(c2ccccc2)c2ccc(OC)cc2)cc1. The number of aromatic nitrogens is 2. The number of ether oxygens (including phenoxy) is 3.